The minimum absolute atomic E-state index is 0.202. The van der Waals surface area contributed by atoms with Crippen LogP contribution in [-0.4, -0.2) is 12.4 Å². The lowest BCUT2D eigenvalue weighted by molar-refractivity contribution is 0.756. The lowest BCUT2D eigenvalue weighted by Gasteiger charge is -2.23. The Hall–Kier alpha value is -2.44. The quantitative estimate of drug-likeness (QED) is 0.720. The lowest BCUT2D eigenvalue weighted by Crippen LogP contribution is -2.25. The first-order valence-electron chi connectivity index (χ1n) is 8.60. The Morgan fingerprint density at radius 2 is 1.36 bits per heavy atom. The van der Waals surface area contributed by atoms with Gasteiger partial charge in [-0.2, -0.15) is 0 Å². The van der Waals surface area contributed by atoms with E-state index in [2.05, 4.69) is 90.2 Å². The maximum atomic E-state index is 4.81. The maximum Gasteiger partial charge on any atom is 0.0948 e. The molecule has 4 rings (SSSR count). The van der Waals surface area contributed by atoms with E-state index >= 15 is 0 Å². The number of amidine groups is 1. The monoisotopic (exact) mass is 344 g/mol. The van der Waals surface area contributed by atoms with Gasteiger partial charge >= 0.3 is 0 Å². The molecule has 0 unspecified atom stereocenters. The molecule has 1 aliphatic heterocycles. The van der Waals surface area contributed by atoms with Gasteiger partial charge in [0, 0.05) is 6.54 Å². The zero-order valence-electron chi connectivity index (χ0n) is 14.3. The highest BCUT2D eigenvalue weighted by molar-refractivity contribution is 7.79. The summed E-state index contributed by atoms with van der Waals surface area (Å²) in [6, 6.07) is 30.7. The van der Waals surface area contributed by atoms with Crippen LogP contribution in [0.2, 0.25) is 0 Å². The van der Waals surface area contributed by atoms with Crippen molar-refractivity contribution in [3.8, 4) is 0 Å². The van der Waals surface area contributed by atoms with Crippen LogP contribution in [0, 0.1) is 0 Å². The van der Waals surface area contributed by atoms with Crippen LogP contribution in [0.25, 0.3) is 0 Å². The van der Waals surface area contributed by atoms with Crippen molar-refractivity contribution in [1.82, 2.24) is 5.32 Å². The van der Waals surface area contributed by atoms with E-state index < -0.39 is 7.92 Å². The van der Waals surface area contributed by atoms with Crippen LogP contribution in [0.1, 0.15) is 18.5 Å². The first-order valence-corrected chi connectivity index (χ1v) is 9.94. The summed E-state index contributed by atoms with van der Waals surface area (Å²) >= 11 is 0. The average molecular weight is 344 g/mol. The molecule has 0 amide bonds. The molecule has 1 atom stereocenters. The van der Waals surface area contributed by atoms with Gasteiger partial charge in [-0.25, -0.2) is 0 Å². The molecule has 0 aliphatic carbocycles. The van der Waals surface area contributed by atoms with Crippen molar-refractivity contribution in [1.29, 1.82) is 0 Å². The van der Waals surface area contributed by atoms with Gasteiger partial charge in [0.25, 0.3) is 0 Å². The Bertz CT molecular complexity index is 835. The van der Waals surface area contributed by atoms with Gasteiger partial charge in [0.2, 0.25) is 0 Å². The molecule has 0 bridgehead atoms. The summed E-state index contributed by atoms with van der Waals surface area (Å²) in [5, 5.41) is 7.53. The fourth-order valence-corrected chi connectivity index (χ4v) is 5.82. The largest absolute Gasteiger partial charge is 0.372 e. The average Bonchev–Trinajstić information content (AvgIpc) is 3.10. The molecular weight excluding hydrogens is 323 g/mol. The van der Waals surface area contributed by atoms with E-state index in [4.69, 9.17) is 4.99 Å². The molecule has 0 aromatic heterocycles. The molecule has 25 heavy (non-hydrogen) atoms. The molecule has 1 heterocycles. The van der Waals surface area contributed by atoms with Crippen molar-refractivity contribution in [3.63, 3.8) is 0 Å². The van der Waals surface area contributed by atoms with Crippen molar-refractivity contribution in [2.45, 2.75) is 13.0 Å². The smallest absolute Gasteiger partial charge is 0.0948 e. The summed E-state index contributed by atoms with van der Waals surface area (Å²) in [4.78, 5) is 4.81. The fourth-order valence-electron chi connectivity index (χ4n) is 3.30. The molecule has 1 aliphatic rings. The van der Waals surface area contributed by atoms with E-state index in [9.17, 15) is 0 Å². The number of nitrogens with one attached hydrogen (secondary N) is 1. The minimum Gasteiger partial charge on any atom is -0.372 e. The number of rotatable bonds is 4. The molecule has 1 N–H and O–H groups in total. The van der Waals surface area contributed by atoms with E-state index in [0.29, 0.717) is 0 Å². The van der Waals surface area contributed by atoms with Crippen LogP contribution in [-0.2, 0) is 0 Å². The summed E-state index contributed by atoms with van der Waals surface area (Å²) < 4.78 is 0. The minimum atomic E-state index is -0.594. The molecule has 3 heteroatoms. The zero-order chi connectivity index (χ0) is 17.1. The first kappa shape index (κ1) is 16.1. The van der Waals surface area contributed by atoms with Crippen LogP contribution in [0.5, 0.6) is 0 Å². The van der Waals surface area contributed by atoms with E-state index in [0.717, 1.165) is 12.4 Å². The Balaban J connectivity index is 1.87. The second kappa shape index (κ2) is 7.21. The summed E-state index contributed by atoms with van der Waals surface area (Å²) in [5.74, 6) is 1.03. The van der Waals surface area contributed by atoms with Crippen molar-refractivity contribution >= 4 is 29.7 Å². The van der Waals surface area contributed by atoms with Crippen molar-refractivity contribution in [2.24, 2.45) is 4.99 Å². The second-order valence-corrected chi connectivity index (χ2v) is 8.36. The lowest BCUT2D eigenvalue weighted by atomic mass is 10.1. The highest BCUT2D eigenvalue weighted by Gasteiger charge is 2.24. The number of nitrogens with zero attached hydrogens (tertiary/aromatic N) is 1. The van der Waals surface area contributed by atoms with Crippen LogP contribution in [0.4, 0.5) is 0 Å². The van der Waals surface area contributed by atoms with E-state index in [1.54, 1.807) is 0 Å². The summed E-state index contributed by atoms with van der Waals surface area (Å²) in [6.07, 6.45) is 0. The first-order chi connectivity index (χ1) is 12.3. The SMILES string of the molecule is CC1=N[C@@H](c2ccccc2P(c2ccccc2)c2ccccc2)CN1. The van der Waals surface area contributed by atoms with E-state index in [1.807, 2.05) is 6.92 Å². The van der Waals surface area contributed by atoms with Gasteiger partial charge in [0.1, 0.15) is 0 Å². The summed E-state index contributed by atoms with van der Waals surface area (Å²) in [6.45, 7) is 2.93. The predicted octanol–water partition coefficient (Wildman–Crippen LogP) is 3.51. The third-order valence-electron chi connectivity index (χ3n) is 4.47. The van der Waals surface area contributed by atoms with Crippen molar-refractivity contribution in [2.75, 3.05) is 6.54 Å². The molecule has 3 aromatic carbocycles. The molecule has 0 saturated heterocycles. The second-order valence-electron chi connectivity index (χ2n) is 6.18. The highest BCUT2D eigenvalue weighted by atomic mass is 31.1. The molecule has 2 nitrogen and oxygen atoms in total. The van der Waals surface area contributed by atoms with Gasteiger partial charge in [0.05, 0.1) is 11.9 Å². The Morgan fingerprint density at radius 3 is 1.92 bits per heavy atom. The molecule has 0 fully saturated rings. The third-order valence-corrected chi connectivity index (χ3v) is 6.98. The highest BCUT2D eigenvalue weighted by Crippen LogP contribution is 2.36. The van der Waals surface area contributed by atoms with E-state index in [1.165, 1.54) is 21.5 Å². The number of hydrogen-bond acceptors (Lipinski definition) is 2. The van der Waals surface area contributed by atoms with Gasteiger partial charge < -0.3 is 5.32 Å². The molecule has 0 spiro atoms. The van der Waals surface area contributed by atoms with Gasteiger partial charge in [0.15, 0.2) is 0 Å². The Labute approximate surface area is 150 Å². The van der Waals surface area contributed by atoms with Crippen LogP contribution in [0.3, 0.4) is 0 Å². The maximum absolute atomic E-state index is 4.81. The number of hydrogen-bond donors (Lipinski definition) is 1. The van der Waals surface area contributed by atoms with Gasteiger partial charge in [-0.15, -0.1) is 0 Å². The van der Waals surface area contributed by atoms with Crippen LogP contribution >= 0.6 is 7.92 Å². The third kappa shape index (κ3) is 3.36. The molecule has 0 saturated carbocycles. The Kier molecular flexibility index (Phi) is 4.63. The van der Waals surface area contributed by atoms with Crippen molar-refractivity contribution in [3.05, 3.63) is 90.5 Å². The van der Waals surface area contributed by atoms with Gasteiger partial charge in [-0.1, -0.05) is 84.9 Å². The Morgan fingerprint density at radius 1 is 0.800 bits per heavy atom. The van der Waals surface area contributed by atoms with Gasteiger partial charge in [-0.3, -0.25) is 4.99 Å². The molecule has 124 valence electrons. The van der Waals surface area contributed by atoms with Crippen molar-refractivity contribution < 1.29 is 0 Å². The predicted molar refractivity (Wildman–Crippen MR) is 109 cm³/mol. The number of benzene rings is 3. The standard InChI is InChI=1S/C22H21N2P/c1-17-23-16-21(24-17)20-14-8-9-15-22(20)25(18-10-4-2-5-11-18)19-12-6-3-7-13-19/h2-15,21H,16H2,1H3,(H,23,24)/t21-/m1/s1. The van der Waals surface area contributed by atoms with Crippen LogP contribution < -0.4 is 21.2 Å². The summed E-state index contributed by atoms with van der Waals surface area (Å²) in [7, 11) is -0.594. The molecule has 0 radical (unpaired) electrons. The normalized spacial score (nSPS) is 16.6. The number of aliphatic imine (C=N–C) groups is 1. The molecular formula is C22H21N2P. The van der Waals surface area contributed by atoms with Gasteiger partial charge in [-0.05, 0) is 36.3 Å². The summed E-state index contributed by atoms with van der Waals surface area (Å²) in [5.41, 5.74) is 1.34. The zero-order valence-corrected chi connectivity index (χ0v) is 15.2. The van der Waals surface area contributed by atoms with E-state index in [-0.39, 0.29) is 6.04 Å². The topological polar surface area (TPSA) is 24.4 Å². The van der Waals surface area contributed by atoms with Crippen LogP contribution in [0.15, 0.2) is 89.9 Å². The fraction of sp³-hybridized carbons (Fsp3) is 0.136. The molecule has 3 aromatic rings.